The summed E-state index contributed by atoms with van der Waals surface area (Å²) in [5.41, 5.74) is 4.94. The summed E-state index contributed by atoms with van der Waals surface area (Å²) in [5, 5.41) is 0.468. The van der Waals surface area contributed by atoms with E-state index in [4.69, 9.17) is 13.9 Å². The van der Waals surface area contributed by atoms with Gasteiger partial charge in [-0.1, -0.05) is 48.5 Å². The number of carbonyl (C=O) groups excluding carboxylic acids is 1. The molecule has 41 heavy (non-hydrogen) atoms. The highest BCUT2D eigenvalue weighted by molar-refractivity contribution is 5.99. The quantitative estimate of drug-likeness (QED) is 0.220. The lowest BCUT2D eigenvalue weighted by Gasteiger charge is -2.26. The lowest BCUT2D eigenvalue weighted by atomic mass is 9.97. The van der Waals surface area contributed by atoms with Crippen LogP contribution in [0.1, 0.15) is 56.9 Å². The summed E-state index contributed by atoms with van der Waals surface area (Å²) >= 11 is 0. The molecular formula is C34H30N2O5. The molecule has 1 aliphatic heterocycles. The zero-order valence-corrected chi connectivity index (χ0v) is 23.2. The molecule has 7 nitrogen and oxygen atoms in total. The number of fused-ring (bicyclic) bond motifs is 2. The van der Waals surface area contributed by atoms with Gasteiger partial charge in [0.1, 0.15) is 12.2 Å². The van der Waals surface area contributed by atoms with Gasteiger partial charge in [-0.15, -0.1) is 0 Å². The molecule has 0 bridgehead atoms. The van der Waals surface area contributed by atoms with Gasteiger partial charge in [0.15, 0.2) is 16.9 Å². The van der Waals surface area contributed by atoms with Gasteiger partial charge in [0.2, 0.25) is 5.76 Å². The summed E-state index contributed by atoms with van der Waals surface area (Å²) in [4.78, 5) is 33.9. The fraction of sp³-hybridized carbons (Fsp3) is 0.206. The van der Waals surface area contributed by atoms with Gasteiger partial charge in [0.25, 0.3) is 5.91 Å². The van der Waals surface area contributed by atoms with Gasteiger partial charge in [-0.05, 0) is 72.9 Å². The molecule has 206 valence electrons. The van der Waals surface area contributed by atoms with Crippen molar-refractivity contribution in [2.45, 2.75) is 40.0 Å². The van der Waals surface area contributed by atoms with Crippen molar-refractivity contribution in [2.24, 2.45) is 0 Å². The molecule has 5 aromatic rings. The minimum atomic E-state index is -0.679. The van der Waals surface area contributed by atoms with Crippen LogP contribution >= 0.6 is 0 Å². The van der Waals surface area contributed by atoms with E-state index in [1.54, 1.807) is 17.3 Å². The minimum absolute atomic E-state index is 0.0747. The third kappa shape index (κ3) is 4.95. The molecule has 1 unspecified atom stereocenters. The van der Waals surface area contributed by atoms with Gasteiger partial charge in [-0.3, -0.25) is 14.6 Å². The Morgan fingerprint density at radius 3 is 2.46 bits per heavy atom. The number of hydrogen-bond donors (Lipinski definition) is 0. The number of nitrogens with zero attached hydrogens (tertiary/aromatic N) is 2. The summed E-state index contributed by atoms with van der Waals surface area (Å²) in [6.45, 7) is 6.80. The molecule has 1 atom stereocenters. The normalized spacial score (nSPS) is 14.4. The maximum atomic E-state index is 14.1. The summed E-state index contributed by atoms with van der Waals surface area (Å²) in [6.07, 6.45) is 3.41. The Kier molecular flexibility index (Phi) is 7.01. The second kappa shape index (κ2) is 10.9. The molecule has 3 heterocycles. The number of carbonyl (C=O) groups is 1. The molecule has 0 saturated heterocycles. The lowest BCUT2D eigenvalue weighted by molar-refractivity contribution is 0.0714. The van der Waals surface area contributed by atoms with Crippen LogP contribution in [0.5, 0.6) is 11.5 Å². The third-order valence-corrected chi connectivity index (χ3v) is 7.29. The highest BCUT2D eigenvalue weighted by atomic mass is 16.5. The zero-order chi connectivity index (χ0) is 28.5. The van der Waals surface area contributed by atoms with Crippen LogP contribution in [-0.4, -0.2) is 22.4 Å². The van der Waals surface area contributed by atoms with E-state index < -0.39 is 6.04 Å². The number of benzene rings is 3. The number of aryl methyl sites for hydroxylation is 2. The predicted molar refractivity (Wildman–Crippen MR) is 156 cm³/mol. The first-order valence-electron chi connectivity index (χ1n) is 13.7. The van der Waals surface area contributed by atoms with E-state index >= 15 is 0 Å². The third-order valence-electron chi connectivity index (χ3n) is 7.29. The molecule has 1 aliphatic rings. The van der Waals surface area contributed by atoms with E-state index in [2.05, 4.69) is 4.98 Å². The van der Waals surface area contributed by atoms with E-state index in [-0.39, 0.29) is 23.6 Å². The molecule has 6 rings (SSSR count). The smallest absolute Gasteiger partial charge is 0.291 e. The Morgan fingerprint density at radius 1 is 0.902 bits per heavy atom. The van der Waals surface area contributed by atoms with Crippen molar-refractivity contribution in [3.63, 3.8) is 0 Å². The molecular weight excluding hydrogens is 516 g/mol. The Morgan fingerprint density at radius 2 is 1.71 bits per heavy atom. The van der Waals surface area contributed by atoms with Crippen LogP contribution in [0.15, 0.2) is 94.4 Å². The second-order valence-electron chi connectivity index (χ2n) is 10.2. The number of hydrogen-bond acceptors (Lipinski definition) is 6. The average Bonchev–Trinajstić information content (AvgIpc) is 3.25. The van der Waals surface area contributed by atoms with Gasteiger partial charge in [0, 0.05) is 18.9 Å². The number of pyridine rings is 1. The van der Waals surface area contributed by atoms with Crippen LogP contribution in [0.3, 0.4) is 0 Å². The van der Waals surface area contributed by atoms with Gasteiger partial charge in [-0.2, -0.15) is 0 Å². The van der Waals surface area contributed by atoms with Crippen molar-refractivity contribution in [1.29, 1.82) is 0 Å². The average molecular weight is 547 g/mol. The molecule has 3 aromatic carbocycles. The van der Waals surface area contributed by atoms with Crippen molar-refractivity contribution < 1.29 is 18.7 Å². The molecule has 0 radical (unpaired) electrons. The SMILES string of the molecule is CCOc1cc(C2c3c(oc4c(C)cc(C)cc4c3=O)C(=O)N2Cc2cccnc2)ccc1OCc1ccccc1. The van der Waals surface area contributed by atoms with Crippen LogP contribution in [0, 0.1) is 13.8 Å². The van der Waals surface area contributed by atoms with Crippen molar-refractivity contribution in [3.05, 3.63) is 135 Å². The standard InChI is InChI=1S/C34H30N2O5/c1-4-39-28-17-25(12-13-27(28)40-20-23-9-6-5-7-10-23)30-29-31(37)26-16-21(2)15-22(3)32(26)41-33(29)34(38)36(30)19-24-11-8-14-35-18-24/h5-18,30H,4,19-20H2,1-3H3. The topological polar surface area (TPSA) is 81.9 Å². The summed E-state index contributed by atoms with van der Waals surface area (Å²) < 4.78 is 18.3. The van der Waals surface area contributed by atoms with Crippen molar-refractivity contribution in [1.82, 2.24) is 9.88 Å². The highest BCUT2D eigenvalue weighted by Gasteiger charge is 2.43. The predicted octanol–water partition coefficient (Wildman–Crippen LogP) is 6.53. The lowest BCUT2D eigenvalue weighted by Crippen LogP contribution is -2.29. The van der Waals surface area contributed by atoms with Crippen LogP contribution in [0.25, 0.3) is 11.0 Å². The first kappa shape index (κ1) is 26.3. The van der Waals surface area contributed by atoms with Crippen LogP contribution in [-0.2, 0) is 13.2 Å². The van der Waals surface area contributed by atoms with E-state index in [0.717, 1.165) is 27.8 Å². The first-order valence-corrected chi connectivity index (χ1v) is 13.7. The van der Waals surface area contributed by atoms with Crippen LogP contribution < -0.4 is 14.9 Å². The van der Waals surface area contributed by atoms with Gasteiger partial charge < -0.3 is 18.8 Å². The molecule has 7 heteroatoms. The molecule has 0 aliphatic carbocycles. The number of ether oxygens (including phenoxy) is 2. The summed E-state index contributed by atoms with van der Waals surface area (Å²) in [5.74, 6) is 0.862. The zero-order valence-electron chi connectivity index (χ0n) is 23.2. The fourth-order valence-corrected chi connectivity index (χ4v) is 5.49. The van der Waals surface area contributed by atoms with Crippen molar-refractivity contribution in [3.8, 4) is 11.5 Å². The molecule has 0 spiro atoms. The monoisotopic (exact) mass is 546 g/mol. The molecule has 0 saturated carbocycles. The van der Waals surface area contributed by atoms with Gasteiger partial charge in [-0.25, -0.2) is 0 Å². The molecule has 2 aromatic heterocycles. The molecule has 1 amide bonds. The van der Waals surface area contributed by atoms with E-state index in [0.29, 0.717) is 41.2 Å². The second-order valence-corrected chi connectivity index (χ2v) is 10.2. The van der Waals surface area contributed by atoms with Crippen LogP contribution in [0.2, 0.25) is 0 Å². The van der Waals surface area contributed by atoms with Crippen molar-refractivity contribution >= 4 is 16.9 Å². The minimum Gasteiger partial charge on any atom is -0.490 e. The molecule has 0 fully saturated rings. The van der Waals surface area contributed by atoms with Crippen molar-refractivity contribution in [2.75, 3.05) is 6.61 Å². The van der Waals surface area contributed by atoms with E-state index in [9.17, 15) is 9.59 Å². The molecule has 0 N–H and O–H groups in total. The Balaban J connectivity index is 1.48. The van der Waals surface area contributed by atoms with Crippen LogP contribution in [0.4, 0.5) is 0 Å². The number of rotatable bonds is 8. The van der Waals surface area contributed by atoms with Gasteiger partial charge in [0.05, 0.1) is 23.6 Å². The maximum absolute atomic E-state index is 14.1. The van der Waals surface area contributed by atoms with E-state index in [1.165, 1.54) is 0 Å². The maximum Gasteiger partial charge on any atom is 0.291 e. The van der Waals surface area contributed by atoms with Gasteiger partial charge >= 0.3 is 0 Å². The summed E-state index contributed by atoms with van der Waals surface area (Å²) in [7, 11) is 0. The highest BCUT2D eigenvalue weighted by Crippen LogP contribution is 2.42. The first-order chi connectivity index (χ1) is 19.9. The number of aromatic nitrogens is 1. The summed E-state index contributed by atoms with van der Waals surface area (Å²) in [6, 6.07) is 22.3. The number of amides is 1. The fourth-order valence-electron chi connectivity index (χ4n) is 5.49. The largest absolute Gasteiger partial charge is 0.490 e. The Labute approximate surface area is 238 Å². The van der Waals surface area contributed by atoms with E-state index in [1.807, 2.05) is 93.6 Å². The Hall–Kier alpha value is -4.91. The Bertz CT molecular complexity index is 1800.